The molecule has 0 bridgehead atoms. The van der Waals surface area contributed by atoms with Crippen LogP contribution in [0.15, 0.2) is 23.6 Å². The summed E-state index contributed by atoms with van der Waals surface area (Å²) < 4.78 is 0. The van der Waals surface area contributed by atoms with E-state index in [9.17, 15) is 9.90 Å². The van der Waals surface area contributed by atoms with Gasteiger partial charge in [-0.2, -0.15) is 0 Å². The van der Waals surface area contributed by atoms with Gasteiger partial charge in [-0.05, 0) is 12.0 Å². The summed E-state index contributed by atoms with van der Waals surface area (Å²) >= 11 is 0. The molecule has 0 aliphatic heterocycles. The van der Waals surface area contributed by atoms with Gasteiger partial charge in [0.05, 0.1) is 11.8 Å². The Bertz CT molecular complexity index is 488. The van der Waals surface area contributed by atoms with Crippen molar-refractivity contribution in [2.75, 3.05) is 13.1 Å². The molecule has 1 rings (SSSR count). The van der Waals surface area contributed by atoms with Gasteiger partial charge in [-0.25, -0.2) is 0 Å². The van der Waals surface area contributed by atoms with E-state index in [4.69, 9.17) is 10.9 Å². The number of rotatable bonds is 6. The summed E-state index contributed by atoms with van der Waals surface area (Å²) in [5, 5.41) is 21.1. The van der Waals surface area contributed by atoms with Gasteiger partial charge in [-0.3, -0.25) is 9.78 Å². The monoisotopic (exact) mass is 280 g/mol. The molecule has 1 heterocycles. The SMILES string of the molecule is CC(C)CN(CC/C(N)=N/O)C(=O)c1ccncc1O. The molecule has 0 aromatic carbocycles. The fourth-order valence-corrected chi connectivity index (χ4v) is 1.75. The number of amidine groups is 1. The van der Waals surface area contributed by atoms with Crippen LogP contribution in [0.2, 0.25) is 0 Å². The number of aromatic hydroxyl groups is 1. The summed E-state index contributed by atoms with van der Waals surface area (Å²) in [5.74, 6) is -0.139. The van der Waals surface area contributed by atoms with Gasteiger partial charge in [0, 0.05) is 25.7 Å². The number of nitrogens with two attached hydrogens (primary N) is 1. The standard InChI is InChI=1S/C13H20N4O3/c1-9(2)8-17(6-4-12(14)16-20)13(19)10-3-5-15-7-11(10)18/h3,5,7,9,18,20H,4,6,8H2,1-2H3,(H2,14,16). The third kappa shape index (κ3) is 4.42. The molecule has 110 valence electrons. The Morgan fingerprint density at radius 2 is 2.25 bits per heavy atom. The van der Waals surface area contributed by atoms with E-state index in [1.807, 2.05) is 13.8 Å². The average molecular weight is 280 g/mol. The van der Waals surface area contributed by atoms with Crippen LogP contribution >= 0.6 is 0 Å². The molecule has 0 saturated carbocycles. The minimum atomic E-state index is -0.302. The summed E-state index contributed by atoms with van der Waals surface area (Å²) in [6.45, 7) is 4.79. The zero-order valence-electron chi connectivity index (χ0n) is 11.7. The van der Waals surface area contributed by atoms with Crippen molar-refractivity contribution in [1.29, 1.82) is 0 Å². The van der Waals surface area contributed by atoms with E-state index in [1.54, 1.807) is 4.90 Å². The third-order valence-electron chi connectivity index (χ3n) is 2.67. The highest BCUT2D eigenvalue weighted by Gasteiger charge is 2.20. The van der Waals surface area contributed by atoms with Gasteiger partial charge >= 0.3 is 0 Å². The second-order valence-corrected chi connectivity index (χ2v) is 4.88. The fourth-order valence-electron chi connectivity index (χ4n) is 1.75. The average Bonchev–Trinajstić information content (AvgIpc) is 2.42. The summed E-state index contributed by atoms with van der Waals surface area (Å²) in [4.78, 5) is 17.7. The van der Waals surface area contributed by atoms with Gasteiger partial charge in [0.1, 0.15) is 11.6 Å². The van der Waals surface area contributed by atoms with Crippen LogP contribution in [0.4, 0.5) is 0 Å². The topological polar surface area (TPSA) is 112 Å². The van der Waals surface area contributed by atoms with Crippen molar-refractivity contribution in [2.45, 2.75) is 20.3 Å². The third-order valence-corrected chi connectivity index (χ3v) is 2.67. The second kappa shape index (κ2) is 7.32. The molecule has 7 nitrogen and oxygen atoms in total. The Morgan fingerprint density at radius 3 is 2.80 bits per heavy atom. The number of hydrogen-bond donors (Lipinski definition) is 3. The van der Waals surface area contributed by atoms with E-state index in [-0.39, 0.29) is 35.4 Å². The van der Waals surface area contributed by atoms with Crippen molar-refractivity contribution in [3.05, 3.63) is 24.0 Å². The van der Waals surface area contributed by atoms with E-state index >= 15 is 0 Å². The van der Waals surface area contributed by atoms with E-state index in [2.05, 4.69) is 10.1 Å². The molecule has 1 amide bonds. The van der Waals surface area contributed by atoms with Gasteiger partial charge in [0.2, 0.25) is 0 Å². The second-order valence-electron chi connectivity index (χ2n) is 4.88. The first kappa shape index (κ1) is 15.7. The van der Waals surface area contributed by atoms with Crippen LogP contribution in [0.1, 0.15) is 30.6 Å². The first-order valence-corrected chi connectivity index (χ1v) is 6.34. The highest BCUT2D eigenvalue weighted by Crippen LogP contribution is 2.17. The van der Waals surface area contributed by atoms with Crippen molar-refractivity contribution in [1.82, 2.24) is 9.88 Å². The number of nitrogens with zero attached hydrogens (tertiary/aromatic N) is 3. The predicted octanol–water partition coefficient (Wildman–Crippen LogP) is 1.02. The maximum atomic E-state index is 12.4. The molecule has 1 aromatic rings. The number of aromatic nitrogens is 1. The number of amides is 1. The Labute approximate surface area is 117 Å². The number of carbonyl (C=O) groups is 1. The Morgan fingerprint density at radius 1 is 1.55 bits per heavy atom. The summed E-state index contributed by atoms with van der Waals surface area (Å²) in [6, 6.07) is 1.47. The molecule has 0 spiro atoms. The van der Waals surface area contributed by atoms with Gasteiger partial charge in [-0.1, -0.05) is 19.0 Å². The quantitative estimate of drug-likeness (QED) is 0.312. The maximum absolute atomic E-state index is 12.4. The van der Waals surface area contributed by atoms with E-state index in [0.717, 1.165) is 0 Å². The molecular weight excluding hydrogens is 260 g/mol. The number of pyridine rings is 1. The molecule has 0 radical (unpaired) electrons. The summed E-state index contributed by atoms with van der Waals surface area (Å²) in [5.41, 5.74) is 5.62. The molecule has 0 saturated heterocycles. The minimum absolute atomic E-state index is 0.0607. The maximum Gasteiger partial charge on any atom is 0.257 e. The lowest BCUT2D eigenvalue weighted by atomic mass is 10.1. The van der Waals surface area contributed by atoms with Crippen molar-refractivity contribution in [2.24, 2.45) is 16.8 Å². The highest BCUT2D eigenvalue weighted by molar-refractivity contribution is 5.96. The summed E-state index contributed by atoms with van der Waals surface area (Å²) in [7, 11) is 0. The Balaban J connectivity index is 2.87. The van der Waals surface area contributed by atoms with Gasteiger partial charge in [-0.15, -0.1) is 0 Å². The minimum Gasteiger partial charge on any atom is -0.505 e. The molecule has 1 aromatic heterocycles. The zero-order valence-corrected chi connectivity index (χ0v) is 11.7. The molecule has 20 heavy (non-hydrogen) atoms. The van der Waals surface area contributed by atoms with E-state index < -0.39 is 0 Å². The largest absolute Gasteiger partial charge is 0.505 e. The molecule has 0 atom stereocenters. The van der Waals surface area contributed by atoms with Crippen molar-refractivity contribution < 1.29 is 15.1 Å². The lowest BCUT2D eigenvalue weighted by Gasteiger charge is -2.24. The first-order valence-electron chi connectivity index (χ1n) is 6.34. The Kier molecular flexibility index (Phi) is 5.76. The van der Waals surface area contributed by atoms with Crippen LogP contribution in [-0.2, 0) is 0 Å². The van der Waals surface area contributed by atoms with Crippen LogP contribution in [0.25, 0.3) is 0 Å². The predicted molar refractivity (Wildman–Crippen MR) is 74.7 cm³/mol. The molecule has 0 aliphatic carbocycles. The van der Waals surface area contributed by atoms with E-state index in [0.29, 0.717) is 13.1 Å². The number of carbonyl (C=O) groups excluding carboxylic acids is 1. The normalized spacial score (nSPS) is 11.7. The Hall–Kier alpha value is -2.31. The molecule has 0 unspecified atom stereocenters. The molecular formula is C13H20N4O3. The fraction of sp³-hybridized carbons (Fsp3) is 0.462. The lowest BCUT2D eigenvalue weighted by molar-refractivity contribution is 0.0737. The van der Waals surface area contributed by atoms with Crippen LogP contribution < -0.4 is 5.73 Å². The van der Waals surface area contributed by atoms with Crippen LogP contribution in [0.5, 0.6) is 5.75 Å². The lowest BCUT2D eigenvalue weighted by Crippen LogP contribution is -2.36. The molecule has 4 N–H and O–H groups in total. The zero-order chi connectivity index (χ0) is 15.1. The first-order chi connectivity index (χ1) is 9.45. The highest BCUT2D eigenvalue weighted by atomic mass is 16.4. The van der Waals surface area contributed by atoms with Gasteiger partial charge in [0.15, 0.2) is 0 Å². The van der Waals surface area contributed by atoms with E-state index in [1.165, 1.54) is 18.5 Å². The van der Waals surface area contributed by atoms with Crippen LogP contribution in [0.3, 0.4) is 0 Å². The number of oxime groups is 1. The van der Waals surface area contributed by atoms with Crippen molar-refractivity contribution >= 4 is 11.7 Å². The van der Waals surface area contributed by atoms with Gasteiger partial charge < -0.3 is 20.9 Å². The molecule has 0 aliphatic rings. The van der Waals surface area contributed by atoms with Gasteiger partial charge in [0.25, 0.3) is 5.91 Å². The number of hydrogen-bond acceptors (Lipinski definition) is 5. The van der Waals surface area contributed by atoms with Crippen molar-refractivity contribution in [3.63, 3.8) is 0 Å². The van der Waals surface area contributed by atoms with Crippen molar-refractivity contribution in [3.8, 4) is 5.75 Å². The smallest absolute Gasteiger partial charge is 0.257 e. The molecule has 0 fully saturated rings. The molecule has 7 heteroatoms. The van der Waals surface area contributed by atoms with Crippen LogP contribution in [0, 0.1) is 5.92 Å². The van der Waals surface area contributed by atoms with Crippen LogP contribution in [-0.4, -0.2) is 45.0 Å². The summed E-state index contributed by atoms with van der Waals surface area (Å²) in [6.07, 6.45) is 2.94.